The first-order valence-corrected chi connectivity index (χ1v) is 5.71. The lowest BCUT2D eigenvalue weighted by molar-refractivity contribution is 0.0962. The molecule has 0 atom stereocenters. The number of para-hydroxylation sites is 1. The van der Waals surface area contributed by atoms with E-state index in [1.165, 1.54) is 5.56 Å². The van der Waals surface area contributed by atoms with E-state index in [0.717, 1.165) is 24.2 Å². The monoisotopic (exact) mass is 227 g/mol. The SMILES string of the molecule is Cc1ccoc1C(=O)N1CCc2ccccc21. The van der Waals surface area contributed by atoms with Crippen molar-refractivity contribution < 1.29 is 9.21 Å². The van der Waals surface area contributed by atoms with E-state index in [0.29, 0.717) is 5.76 Å². The third-order valence-electron chi connectivity index (χ3n) is 3.19. The minimum absolute atomic E-state index is 0.0440. The molecular formula is C14H13NO2. The molecule has 0 fully saturated rings. The first kappa shape index (κ1) is 10.1. The van der Waals surface area contributed by atoms with Crippen molar-refractivity contribution in [3.63, 3.8) is 0 Å². The quantitative estimate of drug-likeness (QED) is 0.750. The molecule has 1 aromatic heterocycles. The molecule has 0 saturated carbocycles. The summed E-state index contributed by atoms with van der Waals surface area (Å²) in [7, 11) is 0. The predicted octanol–water partition coefficient (Wildman–Crippen LogP) is 2.79. The Bertz CT molecular complexity index is 571. The van der Waals surface area contributed by atoms with Crippen LogP contribution in [0.1, 0.15) is 21.7 Å². The Morgan fingerprint density at radius 1 is 1.29 bits per heavy atom. The first-order valence-electron chi connectivity index (χ1n) is 5.71. The maximum Gasteiger partial charge on any atom is 0.294 e. The lowest BCUT2D eigenvalue weighted by Crippen LogP contribution is -2.28. The average Bonchev–Trinajstić information content (AvgIpc) is 2.94. The lowest BCUT2D eigenvalue weighted by Gasteiger charge is -2.16. The fourth-order valence-electron chi connectivity index (χ4n) is 2.26. The van der Waals surface area contributed by atoms with E-state index >= 15 is 0 Å². The summed E-state index contributed by atoms with van der Waals surface area (Å²) in [4.78, 5) is 14.1. The molecule has 1 amide bonds. The molecular weight excluding hydrogens is 214 g/mol. The summed E-state index contributed by atoms with van der Waals surface area (Å²) in [5.74, 6) is 0.402. The summed E-state index contributed by atoms with van der Waals surface area (Å²) in [6.07, 6.45) is 2.48. The van der Waals surface area contributed by atoms with E-state index in [1.54, 1.807) is 11.2 Å². The van der Waals surface area contributed by atoms with Gasteiger partial charge in [-0.25, -0.2) is 0 Å². The van der Waals surface area contributed by atoms with Crippen LogP contribution in [0.5, 0.6) is 0 Å². The van der Waals surface area contributed by atoms with Gasteiger partial charge in [0.05, 0.1) is 6.26 Å². The Balaban J connectivity index is 1.98. The van der Waals surface area contributed by atoms with Crippen molar-refractivity contribution in [3.05, 3.63) is 53.5 Å². The Morgan fingerprint density at radius 3 is 2.88 bits per heavy atom. The second-order valence-electron chi connectivity index (χ2n) is 4.27. The highest BCUT2D eigenvalue weighted by molar-refractivity contribution is 6.06. The zero-order valence-corrected chi connectivity index (χ0v) is 9.64. The summed E-state index contributed by atoms with van der Waals surface area (Å²) in [5.41, 5.74) is 3.12. The second-order valence-corrected chi connectivity index (χ2v) is 4.27. The highest BCUT2D eigenvalue weighted by Crippen LogP contribution is 2.29. The number of amides is 1. The number of rotatable bonds is 1. The maximum atomic E-state index is 12.3. The summed E-state index contributed by atoms with van der Waals surface area (Å²) >= 11 is 0. The average molecular weight is 227 g/mol. The number of nitrogens with zero attached hydrogens (tertiary/aromatic N) is 1. The Kier molecular flexibility index (Phi) is 2.25. The summed E-state index contributed by atoms with van der Waals surface area (Å²) in [6.45, 7) is 2.62. The van der Waals surface area contributed by atoms with Crippen LogP contribution >= 0.6 is 0 Å². The number of hydrogen-bond acceptors (Lipinski definition) is 2. The number of furan rings is 1. The van der Waals surface area contributed by atoms with Crippen LogP contribution in [0.4, 0.5) is 5.69 Å². The van der Waals surface area contributed by atoms with Crippen LogP contribution in [0.25, 0.3) is 0 Å². The summed E-state index contributed by atoms with van der Waals surface area (Å²) < 4.78 is 5.26. The third kappa shape index (κ3) is 1.55. The van der Waals surface area contributed by atoms with Crippen LogP contribution in [0.2, 0.25) is 0 Å². The van der Waals surface area contributed by atoms with Gasteiger partial charge in [-0.05, 0) is 31.0 Å². The number of carbonyl (C=O) groups is 1. The molecule has 0 bridgehead atoms. The number of benzene rings is 1. The Morgan fingerprint density at radius 2 is 2.12 bits per heavy atom. The van der Waals surface area contributed by atoms with E-state index in [1.807, 2.05) is 31.2 Å². The lowest BCUT2D eigenvalue weighted by atomic mass is 10.2. The van der Waals surface area contributed by atoms with Crippen molar-refractivity contribution in [2.45, 2.75) is 13.3 Å². The maximum absolute atomic E-state index is 12.3. The van der Waals surface area contributed by atoms with Crippen molar-refractivity contribution in [3.8, 4) is 0 Å². The number of hydrogen-bond donors (Lipinski definition) is 0. The van der Waals surface area contributed by atoms with Crippen LogP contribution in [0.15, 0.2) is 41.0 Å². The molecule has 3 heteroatoms. The zero-order valence-electron chi connectivity index (χ0n) is 9.64. The molecule has 2 heterocycles. The highest BCUT2D eigenvalue weighted by atomic mass is 16.3. The second kappa shape index (κ2) is 3.77. The van der Waals surface area contributed by atoms with Crippen molar-refractivity contribution in [2.75, 3.05) is 11.4 Å². The van der Waals surface area contributed by atoms with E-state index in [-0.39, 0.29) is 5.91 Å². The molecule has 1 aliphatic rings. The molecule has 0 spiro atoms. The standard InChI is InChI=1S/C14H13NO2/c1-10-7-9-17-13(10)14(16)15-8-6-11-4-2-3-5-12(11)15/h2-5,7,9H,6,8H2,1H3. The van der Waals surface area contributed by atoms with Crippen molar-refractivity contribution in [1.29, 1.82) is 0 Å². The molecule has 3 rings (SSSR count). The third-order valence-corrected chi connectivity index (χ3v) is 3.19. The number of anilines is 1. The number of fused-ring (bicyclic) bond motifs is 1. The van der Waals surface area contributed by atoms with Crippen molar-refractivity contribution >= 4 is 11.6 Å². The van der Waals surface area contributed by atoms with Gasteiger partial charge in [-0.2, -0.15) is 0 Å². The topological polar surface area (TPSA) is 33.5 Å². The van der Waals surface area contributed by atoms with Crippen LogP contribution in [0.3, 0.4) is 0 Å². The molecule has 17 heavy (non-hydrogen) atoms. The molecule has 1 aliphatic heterocycles. The van der Waals surface area contributed by atoms with Gasteiger partial charge < -0.3 is 9.32 Å². The van der Waals surface area contributed by atoms with Gasteiger partial charge in [0.15, 0.2) is 5.76 Å². The van der Waals surface area contributed by atoms with E-state index in [2.05, 4.69) is 6.07 Å². The van der Waals surface area contributed by atoms with Gasteiger partial charge >= 0.3 is 0 Å². The van der Waals surface area contributed by atoms with Crippen LogP contribution in [0, 0.1) is 6.92 Å². The van der Waals surface area contributed by atoms with Gasteiger partial charge in [0.1, 0.15) is 0 Å². The summed E-state index contributed by atoms with van der Waals surface area (Å²) in [5, 5.41) is 0. The molecule has 0 saturated heterocycles. The van der Waals surface area contributed by atoms with Crippen LogP contribution < -0.4 is 4.90 Å². The fraction of sp³-hybridized carbons (Fsp3) is 0.214. The number of carbonyl (C=O) groups excluding carboxylic acids is 1. The molecule has 0 unspecified atom stereocenters. The van der Waals surface area contributed by atoms with Crippen LogP contribution in [-0.4, -0.2) is 12.5 Å². The predicted molar refractivity (Wildman–Crippen MR) is 65.3 cm³/mol. The minimum atomic E-state index is -0.0440. The highest BCUT2D eigenvalue weighted by Gasteiger charge is 2.27. The molecule has 0 aliphatic carbocycles. The fourth-order valence-corrected chi connectivity index (χ4v) is 2.26. The molecule has 2 aromatic rings. The molecule has 0 N–H and O–H groups in total. The largest absolute Gasteiger partial charge is 0.459 e. The zero-order chi connectivity index (χ0) is 11.8. The Hall–Kier alpha value is -2.03. The van der Waals surface area contributed by atoms with Gasteiger partial charge in [-0.3, -0.25) is 4.79 Å². The van der Waals surface area contributed by atoms with Gasteiger partial charge in [0.25, 0.3) is 5.91 Å². The van der Waals surface area contributed by atoms with Gasteiger partial charge in [0.2, 0.25) is 0 Å². The smallest absolute Gasteiger partial charge is 0.294 e. The van der Waals surface area contributed by atoms with E-state index in [4.69, 9.17) is 4.42 Å². The Labute approximate surface area is 99.7 Å². The first-order chi connectivity index (χ1) is 8.27. The van der Waals surface area contributed by atoms with Crippen molar-refractivity contribution in [2.24, 2.45) is 0 Å². The van der Waals surface area contributed by atoms with Crippen LogP contribution in [-0.2, 0) is 6.42 Å². The molecule has 1 aromatic carbocycles. The molecule has 3 nitrogen and oxygen atoms in total. The normalized spacial score (nSPS) is 13.8. The van der Waals surface area contributed by atoms with Gasteiger partial charge in [-0.1, -0.05) is 18.2 Å². The van der Waals surface area contributed by atoms with Gasteiger partial charge in [0, 0.05) is 17.8 Å². The summed E-state index contributed by atoms with van der Waals surface area (Å²) in [6, 6.07) is 9.83. The minimum Gasteiger partial charge on any atom is -0.459 e. The molecule has 86 valence electrons. The van der Waals surface area contributed by atoms with Crippen molar-refractivity contribution in [1.82, 2.24) is 0 Å². The van der Waals surface area contributed by atoms with E-state index < -0.39 is 0 Å². The van der Waals surface area contributed by atoms with Gasteiger partial charge in [-0.15, -0.1) is 0 Å². The molecule has 0 radical (unpaired) electrons. The number of aryl methyl sites for hydroxylation is 1. The van der Waals surface area contributed by atoms with E-state index in [9.17, 15) is 4.79 Å².